The molecule has 1 N–H and O–H groups in total. The van der Waals surface area contributed by atoms with E-state index < -0.39 is 22.6 Å². The molecule has 0 saturated heterocycles. The first kappa shape index (κ1) is 27.1. The summed E-state index contributed by atoms with van der Waals surface area (Å²) >= 11 is 5.88. The number of nitrogens with zero attached hydrogens (tertiary/aromatic N) is 2. The van der Waals surface area contributed by atoms with Crippen molar-refractivity contribution in [1.29, 1.82) is 0 Å². The van der Waals surface area contributed by atoms with Gasteiger partial charge in [0.2, 0.25) is 5.43 Å². The number of amides is 1. The van der Waals surface area contributed by atoms with Gasteiger partial charge in [0.25, 0.3) is 5.91 Å². The van der Waals surface area contributed by atoms with Crippen LogP contribution in [0.4, 0.5) is 4.39 Å². The van der Waals surface area contributed by atoms with Crippen LogP contribution in [-0.4, -0.2) is 45.5 Å². The maximum absolute atomic E-state index is 14.4. The molecule has 1 aliphatic heterocycles. The Bertz CT molecular complexity index is 1490. The van der Waals surface area contributed by atoms with Gasteiger partial charge >= 0.3 is 0 Å². The van der Waals surface area contributed by atoms with Crippen molar-refractivity contribution in [3.05, 3.63) is 98.2 Å². The quantitative estimate of drug-likeness (QED) is 0.392. The van der Waals surface area contributed by atoms with Gasteiger partial charge in [0.1, 0.15) is 12.4 Å². The number of pyridine rings is 1. The lowest BCUT2D eigenvalue weighted by atomic mass is 9.99. The second-order valence-electron chi connectivity index (χ2n) is 10.5. The molecule has 0 radical (unpaired) electrons. The van der Waals surface area contributed by atoms with Crippen molar-refractivity contribution >= 4 is 23.3 Å². The highest BCUT2D eigenvalue weighted by Gasteiger charge is 2.60. The van der Waals surface area contributed by atoms with Crippen LogP contribution in [0.25, 0.3) is 0 Å². The predicted molar refractivity (Wildman–Crippen MR) is 145 cm³/mol. The number of aryl methyl sites for hydroxylation is 1. The molecule has 204 valence electrons. The number of halogens is 2. The van der Waals surface area contributed by atoms with Crippen LogP contribution in [-0.2, 0) is 18.6 Å². The Morgan fingerprint density at radius 2 is 1.92 bits per heavy atom. The van der Waals surface area contributed by atoms with E-state index in [9.17, 15) is 23.9 Å². The number of carbonyl (C=O) groups excluding carboxylic acids is 2. The van der Waals surface area contributed by atoms with Crippen LogP contribution in [0.3, 0.4) is 0 Å². The Balaban J connectivity index is 1.59. The number of aromatic nitrogens is 1. The Labute approximate surface area is 230 Å². The summed E-state index contributed by atoms with van der Waals surface area (Å²) in [5.74, 6) is -1.77. The van der Waals surface area contributed by atoms with Crippen LogP contribution < -0.4 is 10.2 Å². The lowest BCUT2D eigenvalue weighted by molar-refractivity contribution is 0.0548. The zero-order valence-electron chi connectivity index (χ0n) is 21.8. The van der Waals surface area contributed by atoms with Gasteiger partial charge in [0.15, 0.2) is 17.2 Å². The Morgan fingerprint density at radius 3 is 2.59 bits per heavy atom. The van der Waals surface area contributed by atoms with Crippen LogP contribution >= 0.6 is 11.6 Å². The molecule has 2 aromatic carbocycles. The lowest BCUT2D eigenvalue weighted by Crippen LogP contribution is -2.52. The molecule has 0 unspecified atom stereocenters. The molecular weight excluding hydrogens is 523 g/mol. The minimum Gasteiger partial charge on any atom is -0.483 e. The van der Waals surface area contributed by atoms with E-state index in [2.05, 4.69) is 0 Å². The molecule has 1 spiro atoms. The minimum atomic E-state index is -0.677. The maximum atomic E-state index is 14.4. The van der Waals surface area contributed by atoms with Crippen LogP contribution in [0.2, 0.25) is 5.02 Å². The van der Waals surface area contributed by atoms with Gasteiger partial charge in [-0.15, -0.1) is 0 Å². The first-order valence-corrected chi connectivity index (χ1v) is 13.4. The van der Waals surface area contributed by atoms with Crippen LogP contribution in [0.15, 0.2) is 59.5 Å². The molecule has 39 heavy (non-hydrogen) atoms. The summed E-state index contributed by atoms with van der Waals surface area (Å²) in [6.45, 7) is 4.08. The maximum Gasteiger partial charge on any atom is 0.274 e. The van der Waals surface area contributed by atoms with Crippen LogP contribution in [0.5, 0.6) is 5.75 Å². The largest absolute Gasteiger partial charge is 0.483 e. The summed E-state index contributed by atoms with van der Waals surface area (Å²) in [6, 6.07) is 13.7. The number of carbonyl (C=O) groups is 2. The number of aliphatic hydroxyl groups excluding tert-OH is 1. The van der Waals surface area contributed by atoms with Crippen molar-refractivity contribution in [2.24, 2.45) is 5.92 Å². The van der Waals surface area contributed by atoms with Crippen molar-refractivity contribution in [2.75, 3.05) is 13.2 Å². The number of fused-ring (bicyclic) bond motifs is 2. The van der Waals surface area contributed by atoms with Gasteiger partial charge in [-0.3, -0.25) is 14.4 Å². The number of benzene rings is 2. The first-order chi connectivity index (χ1) is 18.7. The third kappa shape index (κ3) is 4.87. The Hall–Kier alpha value is -3.49. The molecule has 3 aromatic rings. The zero-order chi connectivity index (χ0) is 27.9. The fourth-order valence-corrected chi connectivity index (χ4v) is 5.61. The normalized spacial score (nSPS) is 19.9. The Morgan fingerprint density at radius 1 is 1.18 bits per heavy atom. The molecule has 5 rings (SSSR count). The molecular formula is C30H30ClFN2O5. The molecule has 1 amide bonds. The summed E-state index contributed by atoms with van der Waals surface area (Å²) in [6.07, 6.45) is 1.95. The molecule has 2 heterocycles. The molecule has 1 fully saturated rings. The summed E-state index contributed by atoms with van der Waals surface area (Å²) in [4.78, 5) is 42.6. The molecule has 9 heteroatoms. The average Bonchev–Trinajstić information content (AvgIpc) is 3.64. The number of ketones is 1. The summed E-state index contributed by atoms with van der Waals surface area (Å²) in [7, 11) is 0. The van der Waals surface area contributed by atoms with Gasteiger partial charge in [-0.1, -0.05) is 54.1 Å². The van der Waals surface area contributed by atoms with E-state index in [0.717, 1.165) is 5.56 Å². The van der Waals surface area contributed by atoms with Gasteiger partial charge < -0.3 is 19.3 Å². The third-order valence-electron chi connectivity index (χ3n) is 7.78. The summed E-state index contributed by atoms with van der Waals surface area (Å²) in [5, 5.41) is 9.99. The number of Topliss-reactive ketones (excluding diaryl/α,β-unsaturated/α-hetero) is 1. The number of hydrogen-bond acceptors (Lipinski definition) is 5. The van der Waals surface area contributed by atoms with Gasteiger partial charge in [0, 0.05) is 37.7 Å². The fraction of sp³-hybridized carbons (Fsp3) is 0.367. The van der Waals surface area contributed by atoms with E-state index >= 15 is 0 Å². The van der Waals surface area contributed by atoms with E-state index in [1.807, 2.05) is 44.2 Å². The minimum absolute atomic E-state index is 0.0276. The van der Waals surface area contributed by atoms with Crippen molar-refractivity contribution in [1.82, 2.24) is 9.47 Å². The lowest BCUT2D eigenvalue weighted by Gasteiger charge is -2.40. The van der Waals surface area contributed by atoms with E-state index in [1.165, 1.54) is 12.3 Å². The average molecular weight is 553 g/mol. The van der Waals surface area contributed by atoms with E-state index in [0.29, 0.717) is 13.0 Å². The van der Waals surface area contributed by atoms with Crippen LogP contribution in [0.1, 0.15) is 58.7 Å². The molecule has 2 atom stereocenters. The number of hydrogen-bond donors (Lipinski definition) is 1. The topological polar surface area (TPSA) is 88.8 Å². The molecule has 7 nitrogen and oxygen atoms in total. The molecule has 2 aliphatic rings. The fourth-order valence-electron chi connectivity index (χ4n) is 5.42. The highest BCUT2D eigenvalue weighted by atomic mass is 35.5. The van der Waals surface area contributed by atoms with Crippen molar-refractivity contribution in [3.63, 3.8) is 0 Å². The molecule has 0 bridgehead atoms. The van der Waals surface area contributed by atoms with E-state index in [4.69, 9.17) is 16.3 Å². The van der Waals surface area contributed by atoms with Crippen molar-refractivity contribution < 1.29 is 23.8 Å². The van der Waals surface area contributed by atoms with Gasteiger partial charge in [-0.2, -0.15) is 0 Å². The van der Waals surface area contributed by atoms with Gasteiger partial charge in [-0.05, 0) is 43.9 Å². The molecule has 1 aliphatic carbocycles. The first-order valence-electron chi connectivity index (χ1n) is 13.0. The highest BCUT2D eigenvalue weighted by molar-refractivity contribution is 6.30. The Kier molecular flexibility index (Phi) is 7.35. The second kappa shape index (κ2) is 10.6. The third-order valence-corrected chi connectivity index (χ3v) is 8.07. The van der Waals surface area contributed by atoms with Gasteiger partial charge in [-0.25, -0.2) is 4.39 Å². The smallest absolute Gasteiger partial charge is 0.274 e. The second-order valence-corrected chi connectivity index (χ2v) is 11.0. The molecule has 1 saturated carbocycles. The van der Waals surface area contributed by atoms with E-state index in [1.54, 1.807) is 21.6 Å². The summed E-state index contributed by atoms with van der Waals surface area (Å²) < 4.78 is 22.1. The SMILES string of the molecule is CC(C)N1C[C@]2(C[C@H]2CO)n2cc(C(=O)CCc3cccc(Cl)c3F)c(=O)c(OCc3ccccc3)c2C1=O. The standard InChI is InChI=1S/C30H30ClFN2O5/c1-18(2)33-17-30(13-21(30)15-35)34-14-22(24(36)12-11-20-9-6-10-23(31)25(20)32)27(37)28(26(34)29(33)38)39-16-19-7-4-3-5-8-19/h3-10,14,18,21,35H,11-13,15-17H2,1-2H3/t21-,30-/m0/s1. The molecule has 1 aromatic heterocycles. The predicted octanol–water partition coefficient (Wildman–Crippen LogP) is 4.61. The van der Waals surface area contributed by atoms with Crippen LogP contribution in [0, 0.1) is 11.7 Å². The monoisotopic (exact) mass is 552 g/mol. The van der Waals surface area contributed by atoms with E-state index in [-0.39, 0.29) is 71.5 Å². The number of aliphatic hydroxyl groups is 1. The van der Waals surface area contributed by atoms with Crippen molar-refractivity contribution in [2.45, 2.75) is 51.3 Å². The van der Waals surface area contributed by atoms with Crippen molar-refractivity contribution in [3.8, 4) is 5.75 Å². The number of rotatable bonds is 9. The zero-order valence-corrected chi connectivity index (χ0v) is 22.6. The van der Waals surface area contributed by atoms with Gasteiger partial charge in [0.05, 0.1) is 16.1 Å². The number of ether oxygens (including phenoxy) is 1. The highest BCUT2D eigenvalue weighted by Crippen LogP contribution is 2.54. The summed E-state index contributed by atoms with van der Waals surface area (Å²) in [5.41, 5.74) is -0.292.